The fourth-order valence-corrected chi connectivity index (χ4v) is 1.10. The van der Waals surface area contributed by atoms with E-state index in [1.165, 1.54) is 0 Å². The van der Waals surface area contributed by atoms with E-state index < -0.39 is 0 Å². The van der Waals surface area contributed by atoms with Crippen molar-refractivity contribution in [2.75, 3.05) is 20.0 Å². The third-order valence-electron chi connectivity index (χ3n) is 1.66. The second-order valence-electron chi connectivity index (χ2n) is 2.56. The first kappa shape index (κ1) is 10.8. The van der Waals surface area contributed by atoms with Gasteiger partial charge in [0.15, 0.2) is 0 Å². The van der Waals surface area contributed by atoms with Crippen LogP contribution in [0.1, 0.15) is 5.56 Å². The number of methoxy groups -OCH3 is 2. The largest absolute Gasteiger partial charge is 0.497 e. The SMILES string of the molecule is COc1cc(C#CCS)cc(OC)c1. The summed E-state index contributed by atoms with van der Waals surface area (Å²) in [6.07, 6.45) is 0. The van der Waals surface area contributed by atoms with Crippen LogP contribution in [-0.2, 0) is 0 Å². The Kier molecular flexibility index (Phi) is 4.21. The fraction of sp³-hybridized carbons (Fsp3) is 0.273. The van der Waals surface area contributed by atoms with Gasteiger partial charge in [-0.2, -0.15) is 12.6 Å². The Balaban J connectivity index is 3.04. The third kappa shape index (κ3) is 2.90. The fourth-order valence-electron chi connectivity index (χ4n) is 1.02. The standard InChI is InChI=1S/C11H12O2S/c1-12-10-6-9(4-3-5-14)7-11(8-10)13-2/h6-8,14H,5H2,1-2H3. The molecule has 0 amide bonds. The molecule has 0 fully saturated rings. The van der Waals surface area contributed by atoms with Gasteiger partial charge in [-0.25, -0.2) is 0 Å². The molecule has 0 heterocycles. The van der Waals surface area contributed by atoms with Gasteiger partial charge in [-0.05, 0) is 12.1 Å². The van der Waals surface area contributed by atoms with Crippen molar-refractivity contribution in [2.45, 2.75) is 0 Å². The number of thiol groups is 1. The van der Waals surface area contributed by atoms with E-state index in [4.69, 9.17) is 9.47 Å². The van der Waals surface area contributed by atoms with Gasteiger partial charge in [0.05, 0.1) is 20.0 Å². The van der Waals surface area contributed by atoms with Crippen LogP contribution in [0.25, 0.3) is 0 Å². The first-order chi connectivity index (χ1) is 6.80. The van der Waals surface area contributed by atoms with Gasteiger partial charge in [-0.3, -0.25) is 0 Å². The third-order valence-corrected chi connectivity index (χ3v) is 1.82. The van der Waals surface area contributed by atoms with Crippen molar-refractivity contribution in [1.82, 2.24) is 0 Å². The Morgan fingerprint density at radius 2 is 1.71 bits per heavy atom. The van der Waals surface area contributed by atoms with Crippen LogP contribution in [0.15, 0.2) is 18.2 Å². The lowest BCUT2D eigenvalue weighted by molar-refractivity contribution is 0.394. The van der Waals surface area contributed by atoms with E-state index in [1.807, 2.05) is 18.2 Å². The Morgan fingerprint density at radius 3 is 2.14 bits per heavy atom. The van der Waals surface area contributed by atoms with E-state index in [0.29, 0.717) is 5.75 Å². The Labute approximate surface area is 89.6 Å². The number of ether oxygens (including phenoxy) is 2. The van der Waals surface area contributed by atoms with Gasteiger partial charge in [-0.15, -0.1) is 0 Å². The zero-order valence-electron chi connectivity index (χ0n) is 8.20. The zero-order chi connectivity index (χ0) is 10.4. The maximum Gasteiger partial charge on any atom is 0.123 e. The van der Waals surface area contributed by atoms with Gasteiger partial charge in [0.1, 0.15) is 11.5 Å². The molecule has 0 saturated heterocycles. The Bertz CT molecular complexity index is 341. The van der Waals surface area contributed by atoms with E-state index in [0.717, 1.165) is 17.1 Å². The van der Waals surface area contributed by atoms with Gasteiger partial charge in [0.2, 0.25) is 0 Å². The van der Waals surface area contributed by atoms with Crippen LogP contribution in [0.2, 0.25) is 0 Å². The molecule has 74 valence electrons. The van der Waals surface area contributed by atoms with Crippen LogP contribution in [0.4, 0.5) is 0 Å². The summed E-state index contributed by atoms with van der Waals surface area (Å²) in [6.45, 7) is 0. The van der Waals surface area contributed by atoms with Crippen LogP contribution in [0.3, 0.4) is 0 Å². The number of rotatable bonds is 2. The van der Waals surface area contributed by atoms with E-state index >= 15 is 0 Å². The molecule has 0 aliphatic rings. The molecule has 0 aliphatic heterocycles. The minimum absolute atomic E-state index is 0.541. The molecule has 1 aromatic rings. The summed E-state index contributed by atoms with van der Waals surface area (Å²) in [5.74, 6) is 7.86. The molecular formula is C11H12O2S. The van der Waals surface area contributed by atoms with E-state index in [2.05, 4.69) is 24.5 Å². The molecule has 0 bridgehead atoms. The van der Waals surface area contributed by atoms with Crippen molar-refractivity contribution in [3.8, 4) is 23.3 Å². The highest BCUT2D eigenvalue weighted by molar-refractivity contribution is 7.80. The van der Waals surface area contributed by atoms with E-state index in [9.17, 15) is 0 Å². The number of benzene rings is 1. The Morgan fingerprint density at radius 1 is 1.14 bits per heavy atom. The van der Waals surface area contributed by atoms with Crippen molar-refractivity contribution < 1.29 is 9.47 Å². The van der Waals surface area contributed by atoms with Gasteiger partial charge < -0.3 is 9.47 Å². The molecule has 2 nitrogen and oxygen atoms in total. The van der Waals surface area contributed by atoms with Crippen LogP contribution in [-0.4, -0.2) is 20.0 Å². The topological polar surface area (TPSA) is 18.5 Å². The minimum atomic E-state index is 0.541. The molecule has 0 atom stereocenters. The van der Waals surface area contributed by atoms with Crippen molar-refractivity contribution >= 4 is 12.6 Å². The normalized spacial score (nSPS) is 8.79. The lowest BCUT2D eigenvalue weighted by Gasteiger charge is -2.04. The number of hydrogen-bond acceptors (Lipinski definition) is 3. The quantitative estimate of drug-likeness (QED) is 0.592. The molecule has 0 unspecified atom stereocenters. The summed E-state index contributed by atoms with van der Waals surface area (Å²) in [4.78, 5) is 0. The van der Waals surface area contributed by atoms with Crippen LogP contribution < -0.4 is 9.47 Å². The van der Waals surface area contributed by atoms with Gasteiger partial charge >= 0.3 is 0 Å². The number of hydrogen-bond donors (Lipinski definition) is 1. The van der Waals surface area contributed by atoms with Crippen LogP contribution in [0, 0.1) is 11.8 Å². The van der Waals surface area contributed by atoms with Gasteiger partial charge in [0, 0.05) is 11.6 Å². The lowest BCUT2D eigenvalue weighted by atomic mass is 10.2. The molecule has 1 rings (SSSR count). The smallest absolute Gasteiger partial charge is 0.123 e. The van der Waals surface area contributed by atoms with E-state index in [1.54, 1.807) is 14.2 Å². The van der Waals surface area contributed by atoms with Gasteiger partial charge in [-0.1, -0.05) is 11.8 Å². The predicted octanol–water partition coefficient (Wildman–Crippen LogP) is 1.99. The van der Waals surface area contributed by atoms with Crippen molar-refractivity contribution in [3.63, 3.8) is 0 Å². The van der Waals surface area contributed by atoms with E-state index in [-0.39, 0.29) is 0 Å². The van der Waals surface area contributed by atoms with Crippen LogP contribution in [0.5, 0.6) is 11.5 Å². The molecule has 3 heteroatoms. The van der Waals surface area contributed by atoms with Crippen LogP contribution >= 0.6 is 12.6 Å². The lowest BCUT2D eigenvalue weighted by Crippen LogP contribution is -1.88. The second kappa shape index (κ2) is 5.46. The molecular weight excluding hydrogens is 196 g/mol. The average Bonchev–Trinajstić information content (AvgIpc) is 2.25. The second-order valence-corrected chi connectivity index (χ2v) is 2.88. The molecule has 0 aliphatic carbocycles. The van der Waals surface area contributed by atoms with Crippen molar-refractivity contribution in [1.29, 1.82) is 0 Å². The highest BCUT2D eigenvalue weighted by Gasteiger charge is 1.98. The molecule has 0 radical (unpaired) electrons. The first-order valence-corrected chi connectivity index (χ1v) is 4.76. The highest BCUT2D eigenvalue weighted by Crippen LogP contribution is 2.21. The zero-order valence-corrected chi connectivity index (χ0v) is 9.10. The molecule has 14 heavy (non-hydrogen) atoms. The summed E-state index contributed by atoms with van der Waals surface area (Å²) >= 11 is 4.01. The van der Waals surface area contributed by atoms with Gasteiger partial charge in [0.25, 0.3) is 0 Å². The predicted molar refractivity (Wildman–Crippen MR) is 60.3 cm³/mol. The molecule has 1 aromatic carbocycles. The maximum atomic E-state index is 5.11. The summed E-state index contributed by atoms with van der Waals surface area (Å²) in [5.41, 5.74) is 0.871. The molecule has 0 N–H and O–H groups in total. The average molecular weight is 208 g/mol. The van der Waals surface area contributed by atoms with Crippen molar-refractivity contribution in [2.24, 2.45) is 0 Å². The highest BCUT2D eigenvalue weighted by atomic mass is 32.1. The maximum absolute atomic E-state index is 5.11. The summed E-state index contributed by atoms with van der Waals surface area (Å²) in [5, 5.41) is 0. The van der Waals surface area contributed by atoms with Crippen molar-refractivity contribution in [3.05, 3.63) is 23.8 Å². The first-order valence-electron chi connectivity index (χ1n) is 4.13. The summed E-state index contributed by atoms with van der Waals surface area (Å²) in [6, 6.07) is 5.53. The minimum Gasteiger partial charge on any atom is -0.497 e. The Hall–Kier alpha value is -1.27. The summed E-state index contributed by atoms with van der Waals surface area (Å²) < 4.78 is 10.2. The monoisotopic (exact) mass is 208 g/mol. The molecule has 0 aromatic heterocycles. The molecule has 0 spiro atoms. The summed E-state index contributed by atoms with van der Waals surface area (Å²) in [7, 11) is 3.23. The molecule has 0 saturated carbocycles.